The lowest BCUT2D eigenvalue weighted by Crippen LogP contribution is -2.38. The second kappa shape index (κ2) is 5.24. The van der Waals surface area contributed by atoms with E-state index in [2.05, 4.69) is 5.32 Å². The van der Waals surface area contributed by atoms with E-state index in [4.69, 9.17) is 4.74 Å². The van der Waals surface area contributed by atoms with Crippen LogP contribution in [-0.2, 0) is 0 Å². The molecule has 3 rings (SSSR count). The Morgan fingerprint density at radius 1 is 1.26 bits per heavy atom. The van der Waals surface area contributed by atoms with Gasteiger partial charge in [-0.25, -0.2) is 0 Å². The molecule has 1 N–H and O–H groups in total. The first-order valence-corrected chi connectivity index (χ1v) is 7.30. The number of ether oxygens (including phenoxy) is 1. The van der Waals surface area contributed by atoms with Crippen LogP contribution in [0.4, 0.5) is 0 Å². The first-order chi connectivity index (χ1) is 9.26. The molecule has 0 radical (unpaired) electrons. The van der Waals surface area contributed by atoms with Crippen molar-refractivity contribution in [3.8, 4) is 5.75 Å². The van der Waals surface area contributed by atoms with Crippen molar-refractivity contribution >= 4 is 5.91 Å². The topological polar surface area (TPSA) is 38.3 Å². The smallest absolute Gasteiger partial charge is 0.251 e. The lowest BCUT2D eigenvalue weighted by molar-refractivity contribution is 0.0923. The Hall–Kier alpha value is -1.51. The van der Waals surface area contributed by atoms with Crippen LogP contribution in [0.1, 0.15) is 43.0 Å². The summed E-state index contributed by atoms with van der Waals surface area (Å²) in [5, 5.41) is 3.20. The molecule has 0 unspecified atom stereocenters. The molecule has 0 saturated heterocycles. The molecule has 2 saturated carbocycles. The van der Waals surface area contributed by atoms with Gasteiger partial charge in [0.15, 0.2) is 0 Å². The molecular weight excluding hydrogens is 238 g/mol. The molecule has 1 aromatic rings. The second-order valence-corrected chi connectivity index (χ2v) is 5.71. The summed E-state index contributed by atoms with van der Waals surface area (Å²) >= 11 is 0. The largest absolute Gasteiger partial charge is 0.494 e. The molecule has 19 heavy (non-hydrogen) atoms. The molecular formula is C16H21NO2. The summed E-state index contributed by atoms with van der Waals surface area (Å²) in [4.78, 5) is 12.2. The van der Waals surface area contributed by atoms with Crippen LogP contribution in [0.2, 0.25) is 0 Å². The van der Waals surface area contributed by atoms with Gasteiger partial charge in [0.05, 0.1) is 6.61 Å². The fourth-order valence-electron chi connectivity index (χ4n) is 3.54. The summed E-state index contributed by atoms with van der Waals surface area (Å²) in [6.07, 6.45) is 5.14. The number of carbonyl (C=O) groups excluding carboxylic acids is 1. The number of hydrogen-bond acceptors (Lipinski definition) is 2. The number of fused-ring (bicyclic) bond motifs is 2. The van der Waals surface area contributed by atoms with Gasteiger partial charge in [-0.05, 0) is 62.3 Å². The third-order valence-electron chi connectivity index (χ3n) is 4.48. The summed E-state index contributed by atoms with van der Waals surface area (Å²) in [5.74, 6) is 2.45. The van der Waals surface area contributed by atoms with E-state index in [0.29, 0.717) is 12.6 Å². The molecule has 0 heterocycles. The van der Waals surface area contributed by atoms with Gasteiger partial charge in [-0.2, -0.15) is 0 Å². The first kappa shape index (κ1) is 12.5. The quantitative estimate of drug-likeness (QED) is 0.902. The first-order valence-electron chi connectivity index (χ1n) is 7.30. The molecule has 0 aromatic heterocycles. The van der Waals surface area contributed by atoms with Gasteiger partial charge in [0, 0.05) is 11.6 Å². The highest BCUT2D eigenvalue weighted by molar-refractivity contribution is 5.94. The van der Waals surface area contributed by atoms with E-state index < -0.39 is 0 Å². The van der Waals surface area contributed by atoms with Crippen molar-refractivity contribution in [3.05, 3.63) is 29.8 Å². The molecule has 2 aliphatic rings. The number of carbonyl (C=O) groups is 1. The Kier molecular flexibility index (Phi) is 3.45. The predicted octanol–water partition coefficient (Wildman–Crippen LogP) is 3.00. The zero-order valence-electron chi connectivity index (χ0n) is 11.4. The highest BCUT2D eigenvalue weighted by Crippen LogP contribution is 2.44. The molecule has 1 amide bonds. The van der Waals surface area contributed by atoms with Crippen LogP contribution >= 0.6 is 0 Å². The van der Waals surface area contributed by atoms with Gasteiger partial charge in [-0.1, -0.05) is 6.42 Å². The van der Waals surface area contributed by atoms with E-state index in [1.165, 1.54) is 25.7 Å². The molecule has 1 aromatic carbocycles. The van der Waals surface area contributed by atoms with Gasteiger partial charge >= 0.3 is 0 Å². The van der Waals surface area contributed by atoms with E-state index in [-0.39, 0.29) is 5.91 Å². The van der Waals surface area contributed by atoms with Gasteiger partial charge in [-0.3, -0.25) is 4.79 Å². The van der Waals surface area contributed by atoms with Crippen LogP contribution in [0.25, 0.3) is 0 Å². The molecule has 2 aliphatic carbocycles. The summed E-state index contributed by atoms with van der Waals surface area (Å²) in [7, 11) is 0. The maximum absolute atomic E-state index is 12.2. The van der Waals surface area contributed by atoms with Crippen molar-refractivity contribution < 1.29 is 9.53 Å². The van der Waals surface area contributed by atoms with Crippen LogP contribution in [0.15, 0.2) is 24.3 Å². The van der Waals surface area contributed by atoms with Gasteiger partial charge in [0.2, 0.25) is 0 Å². The average Bonchev–Trinajstić information content (AvgIpc) is 3.02. The summed E-state index contributed by atoms with van der Waals surface area (Å²) in [6.45, 7) is 2.60. The highest BCUT2D eigenvalue weighted by Gasteiger charge is 2.40. The number of benzene rings is 1. The molecule has 0 aliphatic heterocycles. The van der Waals surface area contributed by atoms with E-state index in [1.807, 2.05) is 31.2 Å². The molecule has 102 valence electrons. The van der Waals surface area contributed by atoms with Crippen LogP contribution in [0, 0.1) is 11.8 Å². The Bertz CT molecular complexity index is 454. The maximum atomic E-state index is 12.2. The van der Waals surface area contributed by atoms with Gasteiger partial charge in [-0.15, -0.1) is 0 Å². The van der Waals surface area contributed by atoms with Crippen LogP contribution in [0.5, 0.6) is 5.75 Å². The number of hydrogen-bond donors (Lipinski definition) is 1. The lowest BCUT2D eigenvalue weighted by atomic mass is 9.95. The molecule has 3 nitrogen and oxygen atoms in total. The van der Waals surface area contributed by atoms with E-state index in [1.54, 1.807) is 0 Å². The number of amides is 1. The zero-order valence-corrected chi connectivity index (χ0v) is 11.4. The third-order valence-corrected chi connectivity index (χ3v) is 4.48. The normalized spacial score (nSPS) is 28.4. The van der Waals surface area contributed by atoms with Crippen LogP contribution < -0.4 is 10.1 Å². The molecule has 2 fully saturated rings. The Labute approximate surface area is 114 Å². The van der Waals surface area contributed by atoms with Gasteiger partial charge in [0.1, 0.15) is 5.75 Å². The minimum Gasteiger partial charge on any atom is -0.494 e. The van der Waals surface area contributed by atoms with Gasteiger partial charge < -0.3 is 10.1 Å². The van der Waals surface area contributed by atoms with Crippen molar-refractivity contribution in [2.24, 2.45) is 11.8 Å². The number of nitrogens with one attached hydrogen (secondary N) is 1. The van der Waals surface area contributed by atoms with E-state index >= 15 is 0 Å². The van der Waals surface area contributed by atoms with Crippen LogP contribution in [-0.4, -0.2) is 18.6 Å². The third kappa shape index (κ3) is 2.60. The molecule has 0 spiro atoms. The summed E-state index contributed by atoms with van der Waals surface area (Å²) in [5.41, 5.74) is 0.728. The fraction of sp³-hybridized carbons (Fsp3) is 0.562. The molecule has 2 bridgehead atoms. The number of rotatable bonds is 4. The summed E-state index contributed by atoms with van der Waals surface area (Å²) < 4.78 is 5.38. The van der Waals surface area contributed by atoms with Crippen molar-refractivity contribution in [1.82, 2.24) is 5.32 Å². The van der Waals surface area contributed by atoms with Crippen molar-refractivity contribution in [3.63, 3.8) is 0 Å². The van der Waals surface area contributed by atoms with Gasteiger partial charge in [0.25, 0.3) is 5.91 Å². The average molecular weight is 259 g/mol. The van der Waals surface area contributed by atoms with E-state index in [9.17, 15) is 4.79 Å². The van der Waals surface area contributed by atoms with Crippen molar-refractivity contribution in [2.75, 3.05) is 6.61 Å². The SMILES string of the molecule is CCOc1ccc(C(=O)N[C@H]2C[C@H]3CC[C@H]2C3)cc1. The second-order valence-electron chi connectivity index (χ2n) is 5.71. The molecule has 3 heteroatoms. The molecule has 3 atom stereocenters. The lowest BCUT2D eigenvalue weighted by Gasteiger charge is -2.22. The van der Waals surface area contributed by atoms with Crippen LogP contribution in [0.3, 0.4) is 0 Å². The minimum atomic E-state index is 0.0561. The Morgan fingerprint density at radius 3 is 2.63 bits per heavy atom. The summed E-state index contributed by atoms with van der Waals surface area (Å²) in [6, 6.07) is 7.80. The monoisotopic (exact) mass is 259 g/mol. The predicted molar refractivity (Wildman–Crippen MR) is 74.3 cm³/mol. The standard InChI is InChI=1S/C16H21NO2/c1-2-19-14-7-5-12(6-8-14)16(18)17-15-10-11-3-4-13(15)9-11/h5-8,11,13,15H,2-4,9-10H2,1H3,(H,17,18)/t11-,13-,15-/m0/s1. The zero-order chi connectivity index (χ0) is 13.2. The Morgan fingerprint density at radius 2 is 2.05 bits per heavy atom. The van der Waals surface area contributed by atoms with Crippen molar-refractivity contribution in [2.45, 2.75) is 38.6 Å². The maximum Gasteiger partial charge on any atom is 0.251 e. The van der Waals surface area contributed by atoms with E-state index in [0.717, 1.165) is 23.1 Å². The minimum absolute atomic E-state index is 0.0561. The van der Waals surface area contributed by atoms with Crippen molar-refractivity contribution in [1.29, 1.82) is 0 Å². The fourth-order valence-corrected chi connectivity index (χ4v) is 3.54. The Balaban J connectivity index is 1.60. The highest BCUT2D eigenvalue weighted by atomic mass is 16.5.